The summed E-state index contributed by atoms with van der Waals surface area (Å²) in [6.07, 6.45) is 0. The predicted molar refractivity (Wildman–Crippen MR) is 141 cm³/mol. The summed E-state index contributed by atoms with van der Waals surface area (Å²) < 4.78 is 7.09. The van der Waals surface area contributed by atoms with E-state index in [4.69, 9.17) is 21.3 Å². The molecule has 0 aliphatic carbocycles. The largest absolute Gasteiger partial charge is 0.492 e. The van der Waals surface area contributed by atoms with Gasteiger partial charge in [-0.1, -0.05) is 53.7 Å². The molecule has 0 atom stereocenters. The quantitative estimate of drug-likeness (QED) is 0.221. The molecular formula is C26H21ClN4O3S. The van der Waals surface area contributed by atoms with Gasteiger partial charge >= 0.3 is 0 Å². The molecule has 35 heavy (non-hydrogen) atoms. The maximum Gasteiger partial charge on any atom is 0.283 e. The number of benzene rings is 3. The lowest BCUT2D eigenvalue weighted by Gasteiger charge is -2.13. The van der Waals surface area contributed by atoms with E-state index in [0.717, 1.165) is 10.9 Å². The van der Waals surface area contributed by atoms with Crippen molar-refractivity contribution >= 4 is 56.9 Å². The van der Waals surface area contributed by atoms with Crippen molar-refractivity contribution in [3.63, 3.8) is 0 Å². The lowest BCUT2D eigenvalue weighted by Crippen LogP contribution is -2.23. The number of carbonyl (C=O) groups excluding carboxylic acids is 1. The van der Waals surface area contributed by atoms with E-state index in [1.807, 2.05) is 43.3 Å². The van der Waals surface area contributed by atoms with Crippen LogP contribution in [0.3, 0.4) is 0 Å². The monoisotopic (exact) mass is 504 g/mol. The predicted octanol–water partition coefficient (Wildman–Crippen LogP) is 5.65. The molecule has 0 aliphatic heterocycles. The highest BCUT2D eigenvalue weighted by atomic mass is 35.5. The highest BCUT2D eigenvalue weighted by Crippen LogP contribution is 2.28. The van der Waals surface area contributed by atoms with Crippen LogP contribution >= 0.6 is 23.4 Å². The van der Waals surface area contributed by atoms with Crippen LogP contribution in [0, 0.1) is 0 Å². The van der Waals surface area contributed by atoms with Crippen molar-refractivity contribution in [2.24, 2.45) is 0 Å². The molecule has 0 aliphatic rings. The first-order valence-electron chi connectivity index (χ1n) is 11.0. The van der Waals surface area contributed by atoms with E-state index in [2.05, 4.69) is 10.3 Å². The summed E-state index contributed by atoms with van der Waals surface area (Å²) in [5.41, 5.74) is 2.74. The Morgan fingerprint density at radius 3 is 2.63 bits per heavy atom. The molecule has 1 amide bonds. The van der Waals surface area contributed by atoms with E-state index in [9.17, 15) is 9.59 Å². The molecular weight excluding hydrogens is 484 g/mol. The second-order valence-electron chi connectivity index (χ2n) is 7.67. The molecule has 0 saturated heterocycles. The van der Waals surface area contributed by atoms with Crippen molar-refractivity contribution in [2.45, 2.75) is 12.1 Å². The van der Waals surface area contributed by atoms with Gasteiger partial charge in [-0.15, -0.1) is 0 Å². The fourth-order valence-electron chi connectivity index (χ4n) is 3.82. The summed E-state index contributed by atoms with van der Waals surface area (Å²) in [4.78, 5) is 34.4. The molecule has 176 valence electrons. The Morgan fingerprint density at radius 1 is 1.09 bits per heavy atom. The summed E-state index contributed by atoms with van der Waals surface area (Å²) in [7, 11) is 0. The zero-order valence-electron chi connectivity index (χ0n) is 18.7. The van der Waals surface area contributed by atoms with Crippen LogP contribution in [0.2, 0.25) is 5.02 Å². The number of nitrogens with one attached hydrogen (secondary N) is 2. The minimum atomic E-state index is -0.252. The third kappa shape index (κ3) is 4.62. The number of H-pyrrole nitrogens is 1. The van der Waals surface area contributed by atoms with E-state index in [1.54, 1.807) is 36.4 Å². The Bertz CT molecular complexity index is 1590. The van der Waals surface area contributed by atoms with Crippen LogP contribution in [0.15, 0.2) is 82.7 Å². The van der Waals surface area contributed by atoms with Gasteiger partial charge in [0.1, 0.15) is 16.8 Å². The average molecular weight is 505 g/mol. The Morgan fingerprint density at radius 2 is 1.83 bits per heavy atom. The number of hydrogen-bond donors (Lipinski definition) is 2. The topological polar surface area (TPSA) is 89.0 Å². The van der Waals surface area contributed by atoms with Gasteiger partial charge < -0.3 is 15.0 Å². The molecule has 2 N–H and O–H groups in total. The van der Waals surface area contributed by atoms with Crippen LogP contribution in [-0.4, -0.2) is 32.8 Å². The molecule has 0 bridgehead atoms. The van der Waals surface area contributed by atoms with Crippen molar-refractivity contribution in [3.05, 3.63) is 88.2 Å². The zero-order valence-corrected chi connectivity index (χ0v) is 20.3. The van der Waals surface area contributed by atoms with Crippen LogP contribution in [-0.2, 0) is 4.79 Å². The first kappa shape index (κ1) is 23.0. The highest BCUT2D eigenvalue weighted by Gasteiger charge is 2.18. The lowest BCUT2D eigenvalue weighted by atomic mass is 10.2. The molecule has 0 spiro atoms. The van der Waals surface area contributed by atoms with Gasteiger partial charge in [0.2, 0.25) is 5.91 Å². The Balaban J connectivity index is 1.52. The summed E-state index contributed by atoms with van der Waals surface area (Å²) in [5.74, 6) is 0.414. The van der Waals surface area contributed by atoms with Crippen molar-refractivity contribution in [3.8, 4) is 11.4 Å². The van der Waals surface area contributed by atoms with E-state index in [1.165, 1.54) is 16.3 Å². The molecule has 0 unspecified atom stereocenters. The number of halogens is 1. The molecule has 0 radical (unpaired) electrons. The number of ether oxygens (including phenoxy) is 1. The highest BCUT2D eigenvalue weighted by molar-refractivity contribution is 7.99. The number of para-hydroxylation sites is 3. The molecule has 2 heterocycles. The number of fused-ring (bicyclic) bond motifs is 3. The van der Waals surface area contributed by atoms with Gasteiger partial charge in [0.15, 0.2) is 5.16 Å². The van der Waals surface area contributed by atoms with Crippen LogP contribution < -0.4 is 15.6 Å². The molecule has 9 heteroatoms. The van der Waals surface area contributed by atoms with Crippen LogP contribution in [0.25, 0.3) is 27.6 Å². The second kappa shape index (κ2) is 9.85. The number of amides is 1. The number of thioether (sulfide) groups is 1. The minimum absolute atomic E-state index is 0.0500. The number of anilines is 1. The van der Waals surface area contributed by atoms with Gasteiger partial charge in [0.25, 0.3) is 5.56 Å². The molecule has 5 rings (SSSR count). The first-order valence-corrected chi connectivity index (χ1v) is 12.4. The maximum absolute atomic E-state index is 13.6. The second-order valence-corrected chi connectivity index (χ2v) is 9.05. The number of aromatic amines is 1. The molecule has 5 aromatic rings. The zero-order chi connectivity index (χ0) is 24.4. The molecule has 2 aromatic heterocycles. The van der Waals surface area contributed by atoms with Crippen molar-refractivity contribution in [1.82, 2.24) is 14.5 Å². The Kier molecular flexibility index (Phi) is 6.48. The van der Waals surface area contributed by atoms with Gasteiger partial charge in [0.05, 0.1) is 23.7 Å². The first-order chi connectivity index (χ1) is 17.0. The standard InChI is InChI=1S/C26H21ClN4O3S/c1-2-34-21-10-6-5-9-20(21)28-22(32)15-35-26-30-23-18-7-3-4-8-19(18)29-24(23)25(33)31(26)17-13-11-16(27)12-14-17/h3-14,29H,2,15H2,1H3,(H,28,32). The van der Waals surface area contributed by atoms with Gasteiger partial charge in [0, 0.05) is 15.9 Å². The molecule has 3 aromatic carbocycles. The fraction of sp³-hybridized carbons (Fsp3) is 0.115. The number of aromatic nitrogens is 3. The summed E-state index contributed by atoms with van der Waals surface area (Å²) in [6.45, 7) is 2.38. The van der Waals surface area contributed by atoms with Crippen molar-refractivity contribution in [1.29, 1.82) is 0 Å². The maximum atomic E-state index is 13.6. The SMILES string of the molecule is CCOc1ccccc1NC(=O)CSc1nc2c([nH]c3ccccc32)c(=O)n1-c1ccc(Cl)cc1. The molecule has 0 saturated carbocycles. The smallest absolute Gasteiger partial charge is 0.283 e. The number of nitrogens with zero attached hydrogens (tertiary/aromatic N) is 2. The van der Waals surface area contributed by atoms with E-state index < -0.39 is 0 Å². The normalized spacial score (nSPS) is 11.1. The summed E-state index contributed by atoms with van der Waals surface area (Å²) in [5, 5.41) is 4.70. The number of hydrogen-bond acceptors (Lipinski definition) is 5. The minimum Gasteiger partial charge on any atom is -0.492 e. The van der Waals surface area contributed by atoms with Crippen LogP contribution in [0.5, 0.6) is 5.75 Å². The molecule has 0 fully saturated rings. The summed E-state index contributed by atoms with van der Waals surface area (Å²) in [6, 6.07) is 21.8. The average Bonchev–Trinajstić information content (AvgIpc) is 3.24. The number of carbonyl (C=O) groups is 1. The Hall–Kier alpha value is -3.75. The van der Waals surface area contributed by atoms with Gasteiger partial charge in [-0.3, -0.25) is 14.2 Å². The van der Waals surface area contributed by atoms with E-state index >= 15 is 0 Å². The van der Waals surface area contributed by atoms with Gasteiger partial charge in [-0.2, -0.15) is 0 Å². The fourth-order valence-corrected chi connectivity index (χ4v) is 4.76. The van der Waals surface area contributed by atoms with Crippen LogP contribution in [0.4, 0.5) is 5.69 Å². The Labute approximate surface area is 210 Å². The van der Waals surface area contributed by atoms with E-state index in [0.29, 0.717) is 44.9 Å². The van der Waals surface area contributed by atoms with Gasteiger partial charge in [-0.05, 0) is 49.4 Å². The van der Waals surface area contributed by atoms with Crippen molar-refractivity contribution in [2.75, 3.05) is 17.7 Å². The van der Waals surface area contributed by atoms with Crippen molar-refractivity contribution < 1.29 is 9.53 Å². The number of rotatable bonds is 7. The summed E-state index contributed by atoms with van der Waals surface area (Å²) >= 11 is 7.25. The third-order valence-electron chi connectivity index (χ3n) is 5.37. The van der Waals surface area contributed by atoms with E-state index in [-0.39, 0.29) is 17.2 Å². The lowest BCUT2D eigenvalue weighted by molar-refractivity contribution is -0.113. The molecule has 7 nitrogen and oxygen atoms in total. The van der Waals surface area contributed by atoms with Crippen LogP contribution in [0.1, 0.15) is 6.92 Å². The third-order valence-corrected chi connectivity index (χ3v) is 6.56. The van der Waals surface area contributed by atoms with Gasteiger partial charge in [-0.25, -0.2) is 4.98 Å².